The summed E-state index contributed by atoms with van der Waals surface area (Å²) in [7, 11) is 0. The Kier molecular flexibility index (Phi) is 3.50. The predicted octanol–water partition coefficient (Wildman–Crippen LogP) is 1.34. The molecular formula is C10H18O4. The molecule has 4 nitrogen and oxygen atoms in total. The Labute approximate surface area is 84.5 Å². The molecule has 1 aliphatic rings. The molecule has 2 atom stereocenters. The number of carbonyl (C=O) groups excluding carboxylic acids is 1. The summed E-state index contributed by atoms with van der Waals surface area (Å²) in [4.78, 5) is 11.3. The van der Waals surface area contributed by atoms with E-state index in [2.05, 4.69) is 0 Å². The van der Waals surface area contributed by atoms with E-state index in [0.29, 0.717) is 13.2 Å². The van der Waals surface area contributed by atoms with Gasteiger partial charge in [0.1, 0.15) is 0 Å². The summed E-state index contributed by atoms with van der Waals surface area (Å²) in [5.74, 6) is -0.290. The van der Waals surface area contributed by atoms with Gasteiger partial charge in [-0.3, -0.25) is 0 Å². The maximum atomic E-state index is 11.3. The van der Waals surface area contributed by atoms with Crippen LogP contribution in [-0.4, -0.2) is 31.6 Å². The van der Waals surface area contributed by atoms with Gasteiger partial charge in [0, 0.05) is 12.0 Å². The molecule has 0 aliphatic carbocycles. The third kappa shape index (κ3) is 2.45. The van der Waals surface area contributed by atoms with Gasteiger partial charge in [0.25, 0.3) is 0 Å². The van der Waals surface area contributed by atoms with E-state index in [1.54, 1.807) is 6.92 Å². The van der Waals surface area contributed by atoms with Crippen molar-refractivity contribution in [3.05, 3.63) is 0 Å². The number of hydrogen-bond acceptors (Lipinski definition) is 4. The van der Waals surface area contributed by atoms with Gasteiger partial charge >= 0.3 is 5.97 Å². The van der Waals surface area contributed by atoms with Crippen LogP contribution >= 0.6 is 0 Å². The zero-order valence-electron chi connectivity index (χ0n) is 9.20. The number of cyclic esters (lactones) is 1. The number of esters is 1. The van der Waals surface area contributed by atoms with Crippen LogP contribution in [0.2, 0.25) is 0 Å². The van der Waals surface area contributed by atoms with Crippen molar-refractivity contribution in [3.8, 4) is 0 Å². The normalized spacial score (nSPS) is 27.4. The fourth-order valence-electron chi connectivity index (χ4n) is 1.43. The Balaban J connectivity index is 2.53. The van der Waals surface area contributed by atoms with E-state index in [0.717, 1.165) is 0 Å². The van der Waals surface area contributed by atoms with Crippen molar-refractivity contribution in [1.29, 1.82) is 0 Å². The Bertz CT molecular complexity index is 212. The van der Waals surface area contributed by atoms with Crippen LogP contribution in [-0.2, 0) is 19.0 Å². The van der Waals surface area contributed by atoms with E-state index in [4.69, 9.17) is 14.2 Å². The van der Waals surface area contributed by atoms with Crippen molar-refractivity contribution in [3.63, 3.8) is 0 Å². The lowest BCUT2D eigenvalue weighted by Gasteiger charge is -2.24. The Morgan fingerprint density at radius 1 is 1.64 bits per heavy atom. The smallest absolute Gasteiger partial charge is 0.336 e. The van der Waals surface area contributed by atoms with Crippen LogP contribution in [0.4, 0.5) is 0 Å². The maximum Gasteiger partial charge on any atom is 0.336 e. The molecule has 1 saturated heterocycles. The maximum absolute atomic E-state index is 11.3. The lowest BCUT2D eigenvalue weighted by molar-refractivity contribution is -0.184. The fourth-order valence-corrected chi connectivity index (χ4v) is 1.43. The summed E-state index contributed by atoms with van der Waals surface area (Å²) >= 11 is 0. The summed E-state index contributed by atoms with van der Waals surface area (Å²) < 4.78 is 15.6. The van der Waals surface area contributed by atoms with Gasteiger partial charge in [-0.2, -0.15) is 0 Å². The van der Waals surface area contributed by atoms with Crippen molar-refractivity contribution >= 4 is 5.97 Å². The van der Waals surface area contributed by atoms with Crippen LogP contribution in [0.25, 0.3) is 0 Å². The highest BCUT2D eigenvalue weighted by atomic mass is 16.7. The second kappa shape index (κ2) is 4.28. The second-order valence-electron chi connectivity index (χ2n) is 4.14. The average molecular weight is 202 g/mol. The molecule has 0 bridgehead atoms. The number of hydrogen-bond donors (Lipinski definition) is 0. The highest BCUT2D eigenvalue weighted by Crippen LogP contribution is 2.31. The molecule has 0 amide bonds. The molecule has 0 spiro atoms. The van der Waals surface area contributed by atoms with Gasteiger partial charge in [-0.05, 0) is 13.8 Å². The van der Waals surface area contributed by atoms with Crippen molar-refractivity contribution in [2.75, 3.05) is 13.2 Å². The minimum Gasteiger partial charge on any atom is -0.463 e. The summed E-state index contributed by atoms with van der Waals surface area (Å²) in [5, 5.41) is 0. The van der Waals surface area contributed by atoms with Crippen molar-refractivity contribution in [2.45, 2.75) is 40.1 Å². The lowest BCUT2D eigenvalue weighted by Crippen LogP contribution is -2.36. The summed E-state index contributed by atoms with van der Waals surface area (Å²) in [5.41, 5.74) is -0.261. The molecule has 4 heteroatoms. The third-order valence-electron chi connectivity index (χ3n) is 2.24. The van der Waals surface area contributed by atoms with Crippen LogP contribution < -0.4 is 0 Å². The first-order valence-corrected chi connectivity index (χ1v) is 4.91. The standard InChI is InChI=1S/C10H18O4/c1-5-12-7(2)14-8-9(11)13-6-10(8,3)4/h7-8H,5-6H2,1-4H3/t7?,8-/m0/s1. The van der Waals surface area contributed by atoms with Gasteiger partial charge in [0.15, 0.2) is 12.4 Å². The third-order valence-corrected chi connectivity index (χ3v) is 2.24. The zero-order valence-corrected chi connectivity index (χ0v) is 9.20. The van der Waals surface area contributed by atoms with Gasteiger partial charge in [0.2, 0.25) is 0 Å². The zero-order chi connectivity index (χ0) is 10.8. The highest BCUT2D eigenvalue weighted by molar-refractivity contribution is 5.77. The summed E-state index contributed by atoms with van der Waals surface area (Å²) in [6.45, 7) is 8.55. The molecule has 1 rings (SSSR count). The summed E-state index contributed by atoms with van der Waals surface area (Å²) in [6, 6.07) is 0. The lowest BCUT2D eigenvalue weighted by atomic mass is 9.90. The molecule has 1 unspecified atom stereocenters. The van der Waals surface area contributed by atoms with E-state index in [-0.39, 0.29) is 17.7 Å². The minimum atomic E-state index is -0.510. The number of ether oxygens (including phenoxy) is 3. The molecule has 82 valence electrons. The first kappa shape index (κ1) is 11.5. The monoisotopic (exact) mass is 202 g/mol. The molecule has 0 aromatic carbocycles. The van der Waals surface area contributed by atoms with Gasteiger partial charge in [-0.15, -0.1) is 0 Å². The molecule has 0 aromatic rings. The second-order valence-corrected chi connectivity index (χ2v) is 4.14. The molecule has 1 heterocycles. The highest BCUT2D eigenvalue weighted by Gasteiger charge is 2.45. The van der Waals surface area contributed by atoms with E-state index >= 15 is 0 Å². The predicted molar refractivity (Wildman–Crippen MR) is 50.7 cm³/mol. The van der Waals surface area contributed by atoms with Gasteiger partial charge in [-0.1, -0.05) is 13.8 Å². The van der Waals surface area contributed by atoms with E-state index < -0.39 is 6.10 Å². The van der Waals surface area contributed by atoms with Crippen molar-refractivity contribution < 1.29 is 19.0 Å². The van der Waals surface area contributed by atoms with Gasteiger partial charge < -0.3 is 14.2 Å². The molecule has 1 fully saturated rings. The molecule has 0 radical (unpaired) electrons. The topological polar surface area (TPSA) is 44.8 Å². The van der Waals surface area contributed by atoms with E-state index in [1.165, 1.54) is 0 Å². The first-order chi connectivity index (χ1) is 6.47. The largest absolute Gasteiger partial charge is 0.463 e. The van der Waals surface area contributed by atoms with Gasteiger partial charge in [0.05, 0.1) is 6.61 Å². The molecule has 0 aromatic heterocycles. The van der Waals surface area contributed by atoms with Crippen molar-refractivity contribution in [1.82, 2.24) is 0 Å². The van der Waals surface area contributed by atoms with Crippen LogP contribution in [0.1, 0.15) is 27.7 Å². The molecular weight excluding hydrogens is 184 g/mol. The Morgan fingerprint density at radius 3 is 2.71 bits per heavy atom. The summed E-state index contributed by atoms with van der Waals surface area (Å²) in [6.07, 6.45) is -0.876. The van der Waals surface area contributed by atoms with Crippen LogP contribution in [0.5, 0.6) is 0 Å². The molecule has 0 saturated carbocycles. The fraction of sp³-hybridized carbons (Fsp3) is 0.900. The first-order valence-electron chi connectivity index (χ1n) is 4.91. The van der Waals surface area contributed by atoms with Crippen LogP contribution in [0.15, 0.2) is 0 Å². The van der Waals surface area contributed by atoms with Crippen molar-refractivity contribution in [2.24, 2.45) is 5.41 Å². The molecule has 14 heavy (non-hydrogen) atoms. The Morgan fingerprint density at radius 2 is 2.29 bits per heavy atom. The SMILES string of the molecule is CCOC(C)O[C@H]1C(=O)OCC1(C)C. The number of rotatable bonds is 4. The quantitative estimate of drug-likeness (QED) is 0.509. The average Bonchev–Trinajstić information content (AvgIpc) is 2.32. The van der Waals surface area contributed by atoms with E-state index in [1.807, 2.05) is 20.8 Å². The number of carbonyl (C=O) groups is 1. The van der Waals surface area contributed by atoms with Crippen LogP contribution in [0, 0.1) is 5.41 Å². The Hall–Kier alpha value is -0.610. The van der Waals surface area contributed by atoms with Crippen LogP contribution in [0.3, 0.4) is 0 Å². The minimum absolute atomic E-state index is 0.261. The van der Waals surface area contributed by atoms with Gasteiger partial charge in [-0.25, -0.2) is 4.79 Å². The molecule has 1 aliphatic heterocycles. The molecule has 0 N–H and O–H groups in total. The van der Waals surface area contributed by atoms with E-state index in [9.17, 15) is 4.79 Å².